The minimum atomic E-state index is -0.499. The Bertz CT molecular complexity index is 1290. The molecule has 1 aliphatic heterocycles. The van der Waals surface area contributed by atoms with E-state index in [2.05, 4.69) is 9.98 Å². The Kier molecular flexibility index (Phi) is 4.77. The first-order valence-electron chi connectivity index (χ1n) is 8.69. The monoisotopic (exact) mass is 407 g/mol. The van der Waals surface area contributed by atoms with Crippen LogP contribution in [0.25, 0.3) is 17.3 Å². The van der Waals surface area contributed by atoms with Gasteiger partial charge in [-0.1, -0.05) is 18.2 Å². The van der Waals surface area contributed by atoms with E-state index in [0.717, 1.165) is 11.3 Å². The summed E-state index contributed by atoms with van der Waals surface area (Å²) in [6.45, 7) is 0. The molecule has 0 fully saturated rings. The summed E-state index contributed by atoms with van der Waals surface area (Å²) in [5.74, 6) is 0.712. The molecule has 2 heterocycles. The summed E-state index contributed by atoms with van der Waals surface area (Å²) in [5.41, 5.74) is 2.43. The van der Waals surface area contributed by atoms with E-state index in [1.165, 1.54) is 11.7 Å². The van der Waals surface area contributed by atoms with Crippen LogP contribution < -0.4 is 15.0 Å². The van der Waals surface area contributed by atoms with Crippen molar-refractivity contribution in [3.05, 3.63) is 68.7 Å². The number of H-pyrrole nitrogens is 1. The van der Waals surface area contributed by atoms with Gasteiger partial charge in [-0.05, 0) is 36.5 Å². The number of fused-ring (bicyclic) bond motifs is 1. The molecule has 7 nitrogen and oxygen atoms in total. The number of nitrogens with one attached hydrogen (secondary N) is 1. The standard InChI is InChI=1S/C21H17N3O4S/c1-27-13-7-8-17(18(10-13)28-2)24-20(26)15(19(25)23-21(24)29)9-12-11-22-16-6-4-3-5-14(12)16/h3-11,26H,1-2H3,(H,23,25,29). The van der Waals surface area contributed by atoms with Gasteiger partial charge < -0.3 is 14.6 Å². The average Bonchev–Trinajstić information content (AvgIpc) is 3.14. The van der Waals surface area contributed by atoms with Gasteiger partial charge in [0, 0.05) is 23.4 Å². The van der Waals surface area contributed by atoms with E-state index in [0.29, 0.717) is 22.8 Å². The molecule has 0 bridgehead atoms. The zero-order valence-electron chi connectivity index (χ0n) is 15.7. The van der Waals surface area contributed by atoms with Crippen LogP contribution in [0.4, 0.5) is 5.69 Å². The molecule has 0 unspecified atom stereocenters. The summed E-state index contributed by atoms with van der Waals surface area (Å²) >= 11 is 5.30. The lowest BCUT2D eigenvalue weighted by Gasteiger charge is -2.15. The average molecular weight is 407 g/mol. The Balaban J connectivity index is 1.92. The second kappa shape index (κ2) is 7.40. The number of ether oxygens (including phenoxy) is 2. The zero-order chi connectivity index (χ0) is 20.5. The number of aromatic hydroxyl groups is 1. The number of para-hydroxylation sites is 1. The minimum Gasteiger partial charge on any atom is -0.497 e. The first-order valence-corrected chi connectivity index (χ1v) is 9.10. The number of nitrogens with zero attached hydrogens (tertiary/aromatic N) is 2. The van der Waals surface area contributed by atoms with Crippen molar-refractivity contribution in [2.24, 2.45) is 4.99 Å². The summed E-state index contributed by atoms with van der Waals surface area (Å²) in [7, 11) is 3.04. The van der Waals surface area contributed by atoms with Gasteiger partial charge in [0.25, 0.3) is 5.56 Å². The first kappa shape index (κ1) is 18.7. The molecular formula is C21H17N3O4S. The minimum absolute atomic E-state index is 0.0404. The second-order valence-electron chi connectivity index (χ2n) is 6.24. The molecule has 0 amide bonds. The number of hydrogen-bond donors (Lipinski definition) is 2. The Morgan fingerprint density at radius 3 is 2.72 bits per heavy atom. The van der Waals surface area contributed by atoms with Gasteiger partial charge in [-0.3, -0.25) is 19.3 Å². The molecule has 0 aliphatic carbocycles. The number of allylic oxidation sites excluding steroid dienone is 1. The normalized spacial score (nSPS) is 13.5. The molecule has 0 atom stereocenters. The quantitative estimate of drug-likeness (QED) is 0.641. The van der Waals surface area contributed by atoms with E-state index in [1.807, 2.05) is 24.3 Å². The highest BCUT2D eigenvalue weighted by Gasteiger charge is 2.18. The number of rotatable bonds is 4. The zero-order valence-corrected chi connectivity index (χ0v) is 16.5. The molecule has 0 spiro atoms. The summed E-state index contributed by atoms with van der Waals surface area (Å²) in [6, 6.07) is 12.6. The van der Waals surface area contributed by atoms with Crippen LogP contribution in [0, 0.1) is 4.77 Å². The van der Waals surface area contributed by atoms with Crippen molar-refractivity contribution in [3.63, 3.8) is 0 Å². The number of aromatic amines is 1. The number of aliphatic imine (C=N–C) groups is 1. The van der Waals surface area contributed by atoms with Gasteiger partial charge >= 0.3 is 0 Å². The van der Waals surface area contributed by atoms with Crippen molar-refractivity contribution in [1.29, 1.82) is 0 Å². The van der Waals surface area contributed by atoms with Crippen LogP contribution in [0.15, 0.2) is 52.3 Å². The third-order valence-corrected chi connectivity index (χ3v) is 4.89. The van der Waals surface area contributed by atoms with Gasteiger partial charge in [0.15, 0.2) is 4.77 Å². The van der Waals surface area contributed by atoms with Crippen molar-refractivity contribution in [3.8, 4) is 23.1 Å². The summed E-state index contributed by atoms with van der Waals surface area (Å²) < 4.78 is 12.0. The number of hydrogen-bond acceptors (Lipinski definition) is 6. The first-order chi connectivity index (χ1) is 14.0. The van der Waals surface area contributed by atoms with Gasteiger partial charge in [0.05, 0.1) is 25.6 Å². The molecule has 0 radical (unpaired) electrons. The smallest absolute Gasteiger partial charge is 0.262 e. The highest BCUT2D eigenvalue weighted by atomic mass is 32.1. The molecular weight excluding hydrogens is 390 g/mol. The van der Waals surface area contributed by atoms with Gasteiger partial charge in [-0.15, -0.1) is 0 Å². The highest BCUT2D eigenvalue weighted by molar-refractivity contribution is 7.71. The Hall–Kier alpha value is -3.65. The molecule has 3 aromatic rings. The van der Waals surface area contributed by atoms with Gasteiger partial charge in [-0.2, -0.15) is 0 Å². The van der Waals surface area contributed by atoms with E-state index in [4.69, 9.17) is 21.7 Å². The lowest BCUT2D eigenvalue weighted by molar-refractivity contribution is 0.388. The van der Waals surface area contributed by atoms with Crippen LogP contribution in [-0.2, 0) is 0 Å². The Labute approximate surface area is 171 Å². The Morgan fingerprint density at radius 1 is 1.17 bits per heavy atom. The molecule has 0 saturated carbocycles. The highest BCUT2D eigenvalue weighted by Crippen LogP contribution is 2.34. The van der Waals surface area contributed by atoms with Gasteiger partial charge in [0.1, 0.15) is 17.1 Å². The van der Waals surface area contributed by atoms with Crippen LogP contribution in [-0.4, -0.2) is 35.1 Å². The van der Waals surface area contributed by atoms with Crippen LogP contribution in [0.3, 0.4) is 0 Å². The SMILES string of the molecule is COc1ccc(-n2c(O)c(C=C3C=Nc4ccccc43)c(=O)[nH]c2=S)c(OC)c1. The topological polar surface area (TPSA) is 88.8 Å². The van der Waals surface area contributed by atoms with E-state index in [9.17, 15) is 9.90 Å². The molecule has 1 aliphatic rings. The van der Waals surface area contributed by atoms with Crippen LogP contribution in [0.2, 0.25) is 0 Å². The predicted octanol–water partition coefficient (Wildman–Crippen LogP) is 3.87. The molecule has 146 valence electrons. The van der Waals surface area contributed by atoms with Crippen molar-refractivity contribution in [1.82, 2.24) is 9.55 Å². The number of methoxy groups -OCH3 is 2. The molecule has 29 heavy (non-hydrogen) atoms. The fraction of sp³-hybridized carbons (Fsp3) is 0.0952. The van der Waals surface area contributed by atoms with E-state index < -0.39 is 5.56 Å². The third kappa shape index (κ3) is 3.23. The van der Waals surface area contributed by atoms with Crippen LogP contribution >= 0.6 is 12.2 Å². The summed E-state index contributed by atoms with van der Waals surface area (Å²) in [4.78, 5) is 19.5. The van der Waals surface area contributed by atoms with Crippen molar-refractivity contribution >= 4 is 35.8 Å². The summed E-state index contributed by atoms with van der Waals surface area (Å²) in [6.07, 6.45) is 3.24. The van der Waals surface area contributed by atoms with E-state index >= 15 is 0 Å². The van der Waals surface area contributed by atoms with Crippen LogP contribution in [0.1, 0.15) is 11.1 Å². The molecule has 4 rings (SSSR count). The van der Waals surface area contributed by atoms with Crippen molar-refractivity contribution < 1.29 is 14.6 Å². The number of benzene rings is 2. The lowest BCUT2D eigenvalue weighted by Crippen LogP contribution is -2.16. The largest absolute Gasteiger partial charge is 0.497 e. The molecule has 2 N–H and O–H groups in total. The maximum atomic E-state index is 12.6. The fourth-order valence-corrected chi connectivity index (χ4v) is 3.45. The fourth-order valence-electron chi connectivity index (χ4n) is 3.17. The summed E-state index contributed by atoms with van der Waals surface area (Å²) in [5, 5.41) is 11.0. The molecule has 1 aromatic heterocycles. The third-order valence-electron chi connectivity index (χ3n) is 4.61. The maximum absolute atomic E-state index is 12.6. The lowest BCUT2D eigenvalue weighted by atomic mass is 10.1. The maximum Gasteiger partial charge on any atom is 0.262 e. The van der Waals surface area contributed by atoms with Gasteiger partial charge in [0.2, 0.25) is 5.88 Å². The molecule has 2 aromatic carbocycles. The second-order valence-corrected chi connectivity index (χ2v) is 6.63. The molecule has 0 saturated heterocycles. The van der Waals surface area contributed by atoms with E-state index in [-0.39, 0.29) is 16.2 Å². The van der Waals surface area contributed by atoms with Crippen molar-refractivity contribution in [2.45, 2.75) is 0 Å². The van der Waals surface area contributed by atoms with Crippen LogP contribution in [0.5, 0.6) is 17.4 Å². The number of aromatic nitrogens is 2. The molecule has 8 heteroatoms. The van der Waals surface area contributed by atoms with Crippen molar-refractivity contribution in [2.75, 3.05) is 14.2 Å². The predicted molar refractivity (Wildman–Crippen MR) is 114 cm³/mol. The van der Waals surface area contributed by atoms with E-state index in [1.54, 1.807) is 37.6 Å². The van der Waals surface area contributed by atoms with Gasteiger partial charge in [-0.25, -0.2) is 0 Å². The Morgan fingerprint density at radius 2 is 1.97 bits per heavy atom.